The largest absolute Gasteiger partial charge is 0.478 e. The average molecular weight is 253 g/mol. The van der Waals surface area contributed by atoms with Crippen molar-refractivity contribution in [1.82, 2.24) is 14.7 Å². The van der Waals surface area contributed by atoms with E-state index < -0.39 is 5.97 Å². The molecular formula is C12H19N3O3. The lowest BCUT2D eigenvalue weighted by atomic mass is 10.3. The van der Waals surface area contributed by atoms with Crippen molar-refractivity contribution in [3.63, 3.8) is 0 Å². The highest BCUT2D eigenvalue weighted by atomic mass is 16.4. The van der Waals surface area contributed by atoms with Crippen LogP contribution in [0.25, 0.3) is 0 Å². The summed E-state index contributed by atoms with van der Waals surface area (Å²) in [5, 5.41) is 12.6. The van der Waals surface area contributed by atoms with Crippen LogP contribution in [0.5, 0.6) is 0 Å². The van der Waals surface area contributed by atoms with Gasteiger partial charge in [-0.1, -0.05) is 13.3 Å². The van der Waals surface area contributed by atoms with Gasteiger partial charge in [-0.05, 0) is 6.42 Å². The summed E-state index contributed by atoms with van der Waals surface area (Å²) in [6, 6.07) is 0. The molecule has 0 saturated carbocycles. The van der Waals surface area contributed by atoms with E-state index in [1.54, 1.807) is 11.9 Å². The molecule has 1 aromatic rings. The molecule has 0 aliphatic heterocycles. The van der Waals surface area contributed by atoms with Gasteiger partial charge >= 0.3 is 5.97 Å². The molecule has 1 aromatic heterocycles. The molecule has 1 N–H and O–H groups in total. The molecule has 0 fully saturated rings. The Morgan fingerprint density at radius 1 is 1.50 bits per heavy atom. The molecule has 1 amide bonds. The topological polar surface area (TPSA) is 75.4 Å². The van der Waals surface area contributed by atoms with Gasteiger partial charge in [-0.15, -0.1) is 0 Å². The minimum absolute atomic E-state index is 0.0517. The number of nitrogens with zero attached hydrogens (tertiary/aromatic N) is 3. The van der Waals surface area contributed by atoms with E-state index in [4.69, 9.17) is 5.11 Å². The monoisotopic (exact) mass is 253 g/mol. The molecule has 0 atom stereocenters. The van der Waals surface area contributed by atoms with Crippen LogP contribution >= 0.6 is 0 Å². The number of carbonyl (C=O) groups excluding carboxylic acids is 1. The zero-order chi connectivity index (χ0) is 13.5. The first-order valence-corrected chi connectivity index (χ1v) is 6.04. The fourth-order valence-electron chi connectivity index (χ4n) is 1.52. The van der Waals surface area contributed by atoms with Crippen molar-refractivity contribution < 1.29 is 14.7 Å². The summed E-state index contributed by atoms with van der Waals surface area (Å²) in [5.74, 6) is -0.955. The summed E-state index contributed by atoms with van der Waals surface area (Å²) >= 11 is 0. The molecule has 6 heteroatoms. The zero-order valence-corrected chi connectivity index (χ0v) is 10.8. The Labute approximate surface area is 106 Å². The molecule has 0 unspecified atom stereocenters. The maximum absolute atomic E-state index is 11.7. The van der Waals surface area contributed by atoms with Gasteiger partial charge in [0.25, 0.3) is 0 Å². The Balaban J connectivity index is 2.39. The van der Waals surface area contributed by atoms with Gasteiger partial charge < -0.3 is 10.0 Å². The summed E-state index contributed by atoms with van der Waals surface area (Å²) in [7, 11) is 1.78. The minimum Gasteiger partial charge on any atom is -0.478 e. The fourth-order valence-corrected chi connectivity index (χ4v) is 1.52. The van der Waals surface area contributed by atoms with E-state index in [1.165, 1.54) is 17.1 Å². The summed E-state index contributed by atoms with van der Waals surface area (Å²) in [4.78, 5) is 24.1. The second kappa shape index (κ2) is 6.78. The van der Waals surface area contributed by atoms with Gasteiger partial charge in [-0.3, -0.25) is 9.48 Å². The van der Waals surface area contributed by atoms with Gasteiger partial charge in [0, 0.05) is 32.8 Å². The number of unbranched alkanes of at least 4 members (excludes halogenated alkanes) is 1. The number of rotatable bonds is 7. The SMILES string of the molecule is CCCCN(C)C(=O)CCn1cc(C(=O)O)cn1. The van der Waals surface area contributed by atoms with Gasteiger partial charge in [0.15, 0.2) is 0 Å². The van der Waals surface area contributed by atoms with E-state index in [2.05, 4.69) is 12.0 Å². The molecule has 0 saturated heterocycles. The van der Waals surface area contributed by atoms with Crippen molar-refractivity contribution in [1.29, 1.82) is 0 Å². The van der Waals surface area contributed by atoms with Gasteiger partial charge in [0.05, 0.1) is 11.8 Å². The van der Waals surface area contributed by atoms with E-state index in [-0.39, 0.29) is 11.5 Å². The van der Waals surface area contributed by atoms with Crippen LogP contribution in [0.3, 0.4) is 0 Å². The molecule has 1 rings (SSSR count). The van der Waals surface area contributed by atoms with Crippen molar-refractivity contribution in [2.75, 3.05) is 13.6 Å². The number of hydrogen-bond acceptors (Lipinski definition) is 3. The lowest BCUT2D eigenvalue weighted by Crippen LogP contribution is -2.28. The number of aryl methyl sites for hydroxylation is 1. The summed E-state index contributed by atoms with van der Waals surface area (Å²) in [5.41, 5.74) is 0.141. The second-order valence-electron chi connectivity index (χ2n) is 4.22. The minimum atomic E-state index is -1.01. The zero-order valence-electron chi connectivity index (χ0n) is 10.8. The average Bonchev–Trinajstić information content (AvgIpc) is 2.81. The second-order valence-corrected chi connectivity index (χ2v) is 4.22. The number of carboxylic acids is 1. The number of hydrogen-bond donors (Lipinski definition) is 1. The van der Waals surface area contributed by atoms with E-state index in [9.17, 15) is 9.59 Å². The first-order chi connectivity index (χ1) is 8.54. The molecule has 18 heavy (non-hydrogen) atoms. The number of aromatic nitrogens is 2. The molecule has 0 aromatic carbocycles. The molecule has 0 spiro atoms. The standard InChI is InChI=1S/C12H19N3O3/c1-3-4-6-14(2)11(16)5-7-15-9-10(8-13-15)12(17)18/h8-9H,3-7H2,1-2H3,(H,17,18). The first kappa shape index (κ1) is 14.2. The highest BCUT2D eigenvalue weighted by Gasteiger charge is 2.10. The molecule has 0 aliphatic rings. The van der Waals surface area contributed by atoms with Crippen LogP contribution in [-0.2, 0) is 11.3 Å². The number of carbonyl (C=O) groups is 2. The summed E-state index contributed by atoms with van der Waals surface area (Å²) in [6.07, 6.45) is 5.10. The smallest absolute Gasteiger partial charge is 0.338 e. The Morgan fingerprint density at radius 3 is 2.78 bits per heavy atom. The van der Waals surface area contributed by atoms with Crippen molar-refractivity contribution in [3.8, 4) is 0 Å². The van der Waals surface area contributed by atoms with E-state index in [0.29, 0.717) is 13.0 Å². The predicted molar refractivity (Wildman–Crippen MR) is 66.3 cm³/mol. The third-order valence-corrected chi connectivity index (χ3v) is 2.71. The molecule has 0 bridgehead atoms. The number of amides is 1. The molecule has 100 valence electrons. The van der Waals surface area contributed by atoms with Crippen LogP contribution in [0.1, 0.15) is 36.5 Å². The van der Waals surface area contributed by atoms with Gasteiger partial charge in [0.2, 0.25) is 5.91 Å². The Bertz CT molecular complexity index is 414. The van der Waals surface area contributed by atoms with Crippen molar-refractivity contribution >= 4 is 11.9 Å². The molecule has 0 radical (unpaired) electrons. The van der Waals surface area contributed by atoms with Crippen LogP contribution in [0.15, 0.2) is 12.4 Å². The Morgan fingerprint density at radius 2 is 2.22 bits per heavy atom. The summed E-state index contributed by atoms with van der Waals surface area (Å²) in [6.45, 7) is 3.24. The molecular weight excluding hydrogens is 234 g/mol. The normalized spacial score (nSPS) is 10.3. The van der Waals surface area contributed by atoms with E-state index in [1.807, 2.05) is 0 Å². The van der Waals surface area contributed by atoms with Crippen molar-refractivity contribution in [3.05, 3.63) is 18.0 Å². The maximum Gasteiger partial charge on any atom is 0.338 e. The maximum atomic E-state index is 11.7. The lowest BCUT2D eigenvalue weighted by molar-refractivity contribution is -0.130. The summed E-state index contributed by atoms with van der Waals surface area (Å²) < 4.78 is 1.48. The van der Waals surface area contributed by atoms with Crippen LogP contribution < -0.4 is 0 Å². The van der Waals surface area contributed by atoms with Crippen LogP contribution in [0.4, 0.5) is 0 Å². The Kier molecular flexibility index (Phi) is 5.35. The van der Waals surface area contributed by atoms with Gasteiger partial charge in [0.1, 0.15) is 0 Å². The van der Waals surface area contributed by atoms with Crippen molar-refractivity contribution in [2.24, 2.45) is 0 Å². The van der Waals surface area contributed by atoms with Gasteiger partial charge in [-0.2, -0.15) is 5.10 Å². The number of carboxylic acid groups (broad SMARTS) is 1. The van der Waals surface area contributed by atoms with Crippen LogP contribution in [0.2, 0.25) is 0 Å². The first-order valence-electron chi connectivity index (χ1n) is 6.04. The fraction of sp³-hybridized carbons (Fsp3) is 0.583. The van der Waals surface area contributed by atoms with Crippen LogP contribution in [0, 0.1) is 0 Å². The highest BCUT2D eigenvalue weighted by molar-refractivity contribution is 5.86. The third kappa shape index (κ3) is 4.20. The van der Waals surface area contributed by atoms with Crippen molar-refractivity contribution in [2.45, 2.75) is 32.7 Å². The van der Waals surface area contributed by atoms with Gasteiger partial charge in [-0.25, -0.2) is 4.79 Å². The molecule has 1 heterocycles. The number of aromatic carboxylic acids is 1. The highest BCUT2D eigenvalue weighted by Crippen LogP contribution is 2.01. The lowest BCUT2D eigenvalue weighted by Gasteiger charge is -2.16. The van der Waals surface area contributed by atoms with E-state index >= 15 is 0 Å². The molecule has 0 aliphatic carbocycles. The van der Waals surface area contributed by atoms with Crippen LogP contribution in [-0.4, -0.2) is 45.3 Å². The Hall–Kier alpha value is -1.85. The third-order valence-electron chi connectivity index (χ3n) is 2.71. The quantitative estimate of drug-likeness (QED) is 0.793. The predicted octanol–water partition coefficient (Wildman–Crippen LogP) is 1.23. The van der Waals surface area contributed by atoms with E-state index in [0.717, 1.165) is 19.4 Å². The molecule has 6 nitrogen and oxygen atoms in total.